The third-order valence-corrected chi connectivity index (χ3v) is 4.90. The molecule has 0 bridgehead atoms. The van der Waals surface area contributed by atoms with Crippen LogP contribution in [0.2, 0.25) is 0 Å². The Morgan fingerprint density at radius 2 is 2.09 bits per heavy atom. The van der Waals surface area contributed by atoms with E-state index < -0.39 is 0 Å². The lowest BCUT2D eigenvalue weighted by atomic mass is 10.2. The van der Waals surface area contributed by atoms with Crippen molar-refractivity contribution in [2.24, 2.45) is 0 Å². The molecule has 2 aliphatic rings. The largest absolute Gasteiger partial charge is 0.495 e. The minimum atomic E-state index is 0.322. The maximum absolute atomic E-state index is 5.63. The van der Waals surface area contributed by atoms with Gasteiger partial charge in [0, 0.05) is 39.3 Å². The van der Waals surface area contributed by atoms with Crippen LogP contribution in [0.25, 0.3) is 0 Å². The van der Waals surface area contributed by atoms with Gasteiger partial charge in [-0.05, 0) is 37.2 Å². The van der Waals surface area contributed by atoms with Gasteiger partial charge in [-0.3, -0.25) is 0 Å². The molecule has 1 N–H and O–H groups in total. The molecule has 0 saturated carbocycles. The molecule has 1 aromatic rings. The first-order chi connectivity index (χ1) is 11.3. The maximum atomic E-state index is 5.63. The monoisotopic (exact) mass is 335 g/mol. The fourth-order valence-electron chi connectivity index (χ4n) is 3.16. The molecule has 5 nitrogen and oxygen atoms in total. The second-order valence-electron chi connectivity index (χ2n) is 5.97. The third-order valence-electron chi connectivity index (χ3n) is 4.50. The van der Waals surface area contributed by atoms with Crippen LogP contribution in [0.4, 0.5) is 5.69 Å². The summed E-state index contributed by atoms with van der Waals surface area (Å²) in [4.78, 5) is 4.61. The van der Waals surface area contributed by atoms with E-state index in [1.54, 1.807) is 7.11 Å². The van der Waals surface area contributed by atoms with Crippen molar-refractivity contribution in [1.82, 2.24) is 10.2 Å². The summed E-state index contributed by atoms with van der Waals surface area (Å²) in [7, 11) is 1.72. The Morgan fingerprint density at radius 1 is 1.30 bits per heavy atom. The summed E-state index contributed by atoms with van der Waals surface area (Å²) < 4.78 is 11.1. The van der Waals surface area contributed by atoms with Crippen LogP contribution >= 0.6 is 12.2 Å². The Balaban J connectivity index is 1.48. The van der Waals surface area contributed by atoms with Gasteiger partial charge in [0.1, 0.15) is 5.75 Å². The fourth-order valence-corrected chi connectivity index (χ4v) is 3.43. The highest BCUT2D eigenvalue weighted by Crippen LogP contribution is 2.28. The van der Waals surface area contributed by atoms with Crippen molar-refractivity contribution in [3.63, 3.8) is 0 Å². The fraction of sp³-hybridized carbons (Fsp3) is 0.588. The van der Waals surface area contributed by atoms with E-state index in [9.17, 15) is 0 Å². The number of hydrogen-bond acceptors (Lipinski definition) is 4. The summed E-state index contributed by atoms with van der Waals surface area (Å²) in [5, 5.41) is 4.21. The third kappa shape index (κ3) is 4.06. The molecule has 0 aromatic heterocycles. The molecule has 6 heteroatoms. The maximum Gasteiger partial charge on any atom is 0.169 e. The summed E-state index contributed by atoms with van der Waals surface area (Å²) in [5.41, 5.74) is 1.16. The van der Waals surface area contributed by atoms with Gasteiger partial charge in [0.25, 0.3) is 0 Å². The number of nitrogens with one attached hydrogen (secondary N) is 1. The number of thiocarbonyl (C=S) groups is 1. The van der Waals surface area contributed by atoms with Gasteiger partial charge in [0.05, 0.1) is 18.9 Å². The van der Waals surface area contributed by atoms with Gasteiger partial charge in [0.15, 0.2) is 5.11 Å². The highest BCUT2D eigenvalue weighted by Gasteiger charge is 2.22. The molecule has 0 unspecified atom stereocenters. The van der Waals surface area contributed by atoms with Crippen LogP contribution in [-0.2, 0) is 4.74 Å². The van der Waals surface area contributed by atoms with E-state index in [0.29, 0.717) is 6.10 Å². The minimum absolute atomic E-state index is 0.322. The van der Waals surface area contributed by atoms with Gasteiger partial charge in [-0.1, -0.05) is 12.1 Å². The number of piperazine rings is 1. The van der Waals surface area contributed by atoms with Gasteiger partial charge in [-0.15, -0.1) is 0 Å². The first-order valence-electron chi connectivity index (χ1n) is 8.30. The first-order valence-corrected chi connectivity index (χ1v) is 8.71. The van der Waals surface area contributed by atoms with Crippen LogP contribution in [0, 0.1) is 0 Å². The van der Waals surface area contributed by atoms with Gasteiger partial charge < -0.3 is 24.6 Å². The molecule has 2 heterocycles. The molecule has 2 fully saturated rings. The number of methoxy groups -OCH3 is 1. The van der Waals surface area contributed by atoms with Crippen molar-refractivity contribution in [3.05, 3.63) is 24.3 Å². The molecule has 1 atom stereocenters. The normalized spacial score (nSPS) is 21.3. The molecule has 2 aliphatic heterocycles. The molecular formula is C17H25N3O2S. The highest BCUT2D eigenvalue weighted by molar-refractivity contribution is 7.80. The highest BCUT2D eigenvalue weighted by atomic mass is 32.1. The molecule has 0 spiro atoms. The van der Waals surface area contributed by atoms with E-state index >= 15 is 0 Å². The number of nitrogens with zero attached hydrogens (tertiary/aromatic N) is 2. The Kier molecular flexibility index (Phi) is 5.56. The predicted molar refractivity (Wildman–Crippen MR) is 96.4 cm³/mol. The summed E-state index contributed by atoms with van der Waals surface area (Å²) in [5.74, 6) is 0.931. The Labute approximate surface area is 143 Å². The van der Waals surface area contributed by atoms with Crippen molar-refractivity contribution < 1.29 is 9.47 Å². The number of hydrogen-bond donors (Lipinski definition) is 1. The van der Waals surface area contributed by atoms with Crippen molar-refractivity contribution >= 4 is 23.0 Å². The minimum Gasteiger partial charge on any atom is -0.495 e. The van der Waals surface area contributed by atoms with E-state index in [2.05, 4.69) is 27.2 Å². The van der Waals surface area contributed by atoms with Crippen molar-refractivity contribution in [2.75, 3.05) is 51.3 Å². The number of anilines is 1. The Bertz CT molecular complexity index is 526. The van der Waals surface area contributed by atoms with E-state index in [1.165, 1.54) is 0 Å². The zero-order valence-corrected chi connectivity index (χ0v) is 14.5. The summed E-state index contributed by atoms with van der Waals surface area (Å²) >= 11 is 5.53. The molecule has 1 aromatic carbocycles. The van der Waals surface area contributed by atoms with Crippen LogP contribution in [0.15, 0.2) is 24.3 Å². The lowest BCUT2D eigenvalue weighted by Gasteiger charge is -2.38. The average molecular weight is 335 g/mol. The smallest absolute Gasteiger partial charge is 0.169 e. The zero-order valence-electron chi connectivity index (χ0n) is 13.7. The Hall–Kier alpha value is -1.53. The molecule has 23 heavy (non-hydrogen) atoms. The van der Waals surface area contributed by atoms with Gasteiger partial charge in [-0.25, -0.2) is 0 Å². The van der Waals surface area contributed by atoms with E-state index in [1.807, 2.05) is 12.1 Å². The lowest BCUT2D eigenvalue weighted by Crippen LogP contribution is -2.52. The zero-order chi connectivity index (χ0) is 16.1. The summed E-state index contributed by atoms with van der Waals surface area (Å²) in [6, 6.07) is 8.18. The molecule has 126 valence electrons. The van der Waals surface area contributed by atoms with Crippen molar-refractivity contribution in [3.8, 4) is 5.75 Å². The number of benzene rings is 1. The Morgan fingerprint density at radius 3 is 2.78 bits per heavy atom. The molecule has 2 saturated heterocycles. The summed E-state index contributed by atoms with van der Waals surface area (Å²) in [6.07, 6.45) is 2.62. The average Bonchev–Trinajstić information content (AvgIpc) is 3.13. The van der Waals surface area contributed by atoms with Crippen molar-refractivity contribution in [2.45, 2.75) is 18.9 Å². The second kappa shape index (κ2) is 7.84. The molecule has 0 radical (unpaired) electrons. The van der Waals surface area contributed by atoms with Gasteiger partial charge >= 0.3 is 0 Å². The van der Waals surface area contributed by atoms with Crippen LogP contribution in [0.1, 0.15) is 12.8 Å². The lowest BCUT2D eigenvalue weighted by molar-refractivity contribution is 0.113. The van der Waals surface area contributed by atoms with Gasteiger partial charge in [-0.2, -0.15) is 0 Å². The van der Waals surface area contributed by atoms with Gasteiger partial charge in [0.2, 0.25) is 0 Å². The van der Waals surface area contributed by atoms with Crippen molar-refractivity contribution in [1.29, 1.82) is 0 Å². The second-order valence-corrected chi connectivity index (χ2v) is 6.35. The topological polar surface area (TPSA) is 37.0 Å². The first kappa shape index (κ1) is 16.3. The standard InChI is InChI=1S/C17H25N3O2S/c1-21-16-7-3-2-6-15(16)19-8-10-20(11-9-19)17(23)18-13-14-5-4-12-22-14/h2-3,6-7,14H,4-5,8-13H2,1H3,(H,18,23)/t14-/m0/s1. The SMILES string of the molecule is COc1ccccc1N1CCN(C(=S)NC[C@@H]2CCCO2)CC1. The van der Waals surface area contributed by atoms with Crippen LogP contribution in [0.3, 0.4) is 0 Å². The number of para-hydroxylation sites is 2. The molecule has 3 rings (SSSR count). The predicted octanol–water partition coefficient (Wildman–Crippen LogP) is 1.87. The molecular weight excluding hydrogens is 310 g/mol. The quantitative estimate of drug-likeness (QED) is 0.847. The van der Waals surface area contributed by atoms with E-state index in [0.717, 1.165) is 68.7 Å². The number of ether oxygens (including phenoxy) is 2. The van der Waals surface area contributed by atoms with E-state index in [-0.39, 0.29) is 0 Å². The molecule has 0 aliphatic carbocycles. The van der Waals surface area contributed by atoms with Crippen LogP contribution in [0.5, 0.6) is 5.75 Å². The van der Waals surface area contributed by atoms with Crippen LogP contribution < -0.4 is 15.0 Å². The number of rotatable bonds is 4. The molecule has 0 amide bonds. The van der Waals surface area contributed by atoms with Crippen LogP contribution in [-0.4, -0.2) is 62.6 Å². The van der Waals surface area contributed by atoms with E-state index in [4.69, 9.17) is 21.7 Å². The summed E-state index contributed by atoms with van der Waals surface area (Å²) in [6.45, 7) is 5.46.